The Morgan fingerprint density at radius 1 is 1.06 bits per heavy atom. The van der Waals surface area contributed by atoms with Crippen LogP contribution in [0.4, 0.5) is 13.2 Å². The molecule has 0 atom stereocenters. The number of hydrogen-bond donors (Lipinski definition) is 0. The number of methoxy groups -OCH3 is 1. The maximum atomic E-state index is 14.0. The lowest BCUT2D eigenvalue weighted by atomic mass is 10.1. The Morgan fingerprint density at radius 3 is 2.42 bits per heavy atom. The largest absolute Gasteiger partial charge is 0.497 e. The van der Waals surface area contributed by atoms with Gasteiger partial charge in [0.15, 0.2) is 5.69 Å². The van der Waals surface area contributed by atoms with E-state index in [4.69, 9.17) is 4.74 Å². The van der Waals surface area contributed by atoms with Crippen LogP contribution >= 0.6 is 15.9 Å². The number of ether oxygens (including phenoxy) is 1. The van der Waals surface area contributed by atoms with Crippen LogP contribution in [-0.4, -0.2) is 36.6 Å². The zero-order valence-corrected chi connectivity index (χ0v) is 18.0. The molecule has 3 heterocycles. The first-order valence-electron chi connectivity index (χ1n) is 9.05. The molecule has 0 aliphatic heterocycles. The molecule has 0 unspecified atom stereocenters. The molecule has 7 nitrogen and oxygen atoms in total. The van der Waals surface area contributed by atoms with Gasteiger partial charge in [0.25, 0.3) is 0 Å². The molecule has 0 fully saturated rings. The van der Waals surface area contributed by atoms with Crippen molar-refractivity contribution in [1.82, 2.24) is 29.5 Å². The molecule has 0 amide bonds. The molecule has 0 bridgehead atoms. The number of pyridine rings is 1. The Bertz CT molecular complexity index is 1220. The first kappa shape index (κ1) is 21.0. The number of imidazole rings is 1. The summed E-state index contributed by atoms with van der Waals surface area (Å²) in [5, 5.41) is 7.64. The molecule has 1 aromatic carbocycles. The van der Waals surface area contributed by atoms with Gasteiger partial charge >= 0.3 is 6.18 Å². The number of benzene rings is 1. The first-order chi connectivity index (χ1) is 14.8. The fraction of sp³-hybridized carbons (Fsp3) is 0.200. The van der Waals surface area contributed by atoms with Gasteiger partial charge in [0.05, 0.1) is 25.7 Å². The van der Waals surface area contributed by atoms with E-state index in [0.717, 1.165) is 4.68 Å². The predicted molar refractivity (Wildman–Crippen MR) is 110 cm³/mol. The number of aryl methyl sites for hydroxylation is 1. The minimum atomic E-state index is -4.65. The minimum absolute atomic E-state index is 0.0877. The van der Waals surface area contributed by atoms with Gasteiger partial charge in [-0.1, -0.05) is 17.3 Å². The SMILES string of the molecule is COc1ccc(Cn2nnc(-c3ccnc(-c4ncn(C)c4Br)c3)c2C(F)(F)F)cc1. The summed E-state index contributed by atoms with van der Waals surface area (Å²) >= 11 is 3.40. The summed E-state index contributed by atoms with van der Waals surface area (Å²) in [6.45, 7) is -0.0877. The van der Waals surface area contributed by atoms with Crippen molar-refractivity contribution in [3.05, 3.63) is 64.8 Å². The van der Waals surface area contributed by atoms with E-state index in [1.54, 1.807) is 42.2 Å². The molecule has 0 spiro atoms. The van der Waals surface area contributed by atoms with Crippen LogP contribution in [0.5, 0.6) is 5.75 Å². The van der Waals surface area contributed by atoms with Crippen molar-refractivity contribution < 1.29 is 17.9 Å². The summed E-state index contributed by atoms with van der Waals surface area (Å²) in [5.41, 5.74) is 0.620. The molecule has 3 aromatic heterocycles. The summed E-state index contributed by atoms with van der Waals surface area (Å²) in [7, 11) is 3.31. The maximum Gasteiger partial charge on any atom is 0.435 e. The van der Waals surface area contributed by atoms with Crippen LogP contribution in [0.25, 0.3) is 22.6 Å². The van der Waals surface area contributed by atoms with Gasteiger partial charge in [0, 0.05) is 18.8 Å². The monoisotopic (exact) mass is 492 g/mol. The highest BCUT2D eigenvalue weighted by Gasteiger charge is 2.40. The standard InChI is InChI=1S/C20H16BrF3N6O/c1-29-11-26-17(19(29)21)15-9-13(7-8-25-15)16-18(20(22,23)24)30(28-27-16)10-12-3-5-14(31-2)6-4-12/h3-9,11H,10H2,1-2H3. The highest BCUT2D eigenvalue weighted by atomic mass is 79.9. The van der Waals surface area contributed by atoms with Crippen LogP contribution in [0.3, 0.4) is 0 Å². The van der Waals surface area contributed by atoms with Gasteiger partial charge in [-0.15, -0.1) is 5.10 Å². The highest BCUT2D eigenvalue weighted by molar-refractivity contribution is 9.10. The van der Waals surface area contributed by atoms with Crippen molar-refractivity contribution in [3.63, 3.8) is 0 Å². The van der Waals surface area contributed by atoms with Crippen molar-refractivity contribution in [2.24, 2.45) is 7.05 Å². The van der Waals surface area contributed by atoms with E-state index in [-0.39, 0.29) is 17.8 Å². The van der Waals surface area contributed by atoms with E-state index in [9.17, 15) is 13.2 Å². The van der Waals surface area contributed by atoms with Gasteiger partial charge in [0.2, 0.25) is 0 Å². The summed E-state index contributed by atoms with van der Waals surface area (Å²) in [4.78, 5) is 8.48. The fourth-order valence-corrected chi connectivity index (χ4v) is 3.49. The topological polar surface area (TPSA) is 70.7 Å². The molecular weight excluding hydrogens is 477 g/mol. The van der Waals surface area contributed by atoms with E-state index in [0.29, 0.717) is 27.3 Å². The minimum Gasteiger partial charge on any atom is -0.497 e. The van der Waals surface area contributed by atoms with Crippen molar-refractivity contribution >= 4 is 15.9 Å². The summed E-state index contributed by atoms with van der Waals surface area (Å²) < 4.78 is 50.3. The van der Waals surface area contributed by atoms with Gasteiger partial charge in [-0.05, 0) is 45.8 Å². The summed E-state index contributed by atoms with van der Waals surface area (Å²) in [6.07, 6.45) is -1.64. The summed E-state index contributed by atoms with van der Waals surface area (Å²) in [6, 6.07) is 9.72. The van der Waals surface area contributed by atoms with Crippen LogP contribution in [-0.2, 0) is 19.8 Å². The average Bonchev–Trinajstić information content (AvgIpc) is 3.32. The fourth-order valence-electron chi connectivity index (χ4n) is 3.10. The van der Waals surface area contributed by atoms with Gasteiger partial charge in [-0.25, -0.2) is 9.67 Å². The molecule has 4 rings (SSSR count). The quantitative estimate of drug-likeness (QED) is 0.407. The zero-order chi connectivity index (χ0) is 22.2. The van der Waals surface area contributed by atoms with Gasteiger partial charge in [0.1, 0.15) is 21.7 Å². The van der Waals surface area contributed by atoms with Crippen LogP contribution in [0, 0.1) is 0 Å². The molecule has 0 saturated carbocycles. The molecule has 4 aromatic rings. The van der Waals surface area contributed by atoms with E-state index >= 15 is 0 Å². The van der Waals surface area contributed by atoms with Gasteiger partial charge in [-0.2, -0.15) is 13.2 Å². The molecule has 0 radical (unpaired) electrons. The first-order valence-corrected chi connectivity index (χ1v) is 9.84. The molecule has 160 valence electrons. The normalized spacial score (nSPS) is 11.7. The van der Waals surface area contributed by atoms with Crippen LogP contribution in [0.2, 0.25) is 0 Å². The highest BCUT2D eigenvalue weighted by Crippen LogP contribution is 2.37. The Kier molecular flexibility index (Phi) is 5.52. The van der Waals surface area contributed by atoms with E-state index in [1.165, 1.54) is 25.4 Å². The van der Waals surface area contributed by atoms with Crippen LogP contribution in [0.15, 0.2) is 53.5 Å². The van der Waals surface area contributed by atoms with Crippen LogP contribution < -0.4 is 4.74 Å². The number of alkyl halides is 3. The summed E-state index contributed by atoms with van der Waals surface area (Å²) in [5.74, 6) is 0.615. The lowest BCUT2D eigenvalue weighted by Crippen LogP contribution is -2.16. The van der Waals surface area contributed by atoms with E-state index in [2.05, 4.69) is 36.2 Å². The second-order valence-electron chi connectivity index (χ2n) is 6.71. The number of aromatic nitrogens is 6. The molecule has 11 heteroatoms. The number of rotatable bonds is 5. The van der Waals surface area contributed by atoms with Crippen molar-refractivity contribution in [2.75, 3.05) is 7.11 Å². The second-order valence-corrected chi connectivity index (χ2v) is 7.47. The number of hydrogen-bond acceptors (Lipinski definition) is 5. The smallest absolute Gasteiger partial charge is 0.435 e. The molecule has 0 aliphatic rings. The van der Waals surface area contributed by atoms with Crippen molar-refractivity contribution in [2.45, 2.75) is 12.7 Å². The Morgan fingerprint density at radius 2 is 1.81 bits per heavy atom. The maximum absolute atomic E-state index is 14.0. The Balaban J connectivity index is 1.75. The average molecular weight is 493 g/mol. The molecule has 31 heavy (non-hydrogen) atoms. The molecular formula is C20H16BrF3N6O. The molecule has 0 aliphatic carbocycles. The zero-order valence-electron chi connectivity index (χ0n) is 16.4. The lowest BCUT2D eigenvalue weighted by molar-refractivity contribution is -0.143. The molecule has 0 saturated heterocycles. The third kappa shape index (κ3) is 4.18. The number of nitrogens with zero attached hydrogens (tertiary/aromatic N) is 6. The Hall–Kier alpha value is -3.21. The Labute approximate surface area is 183 Å². The predicted octanol–water partition coefficient (Wildman–Crippen LogP) is 4.58. The third-order valence-electron chi connectivity index (χ3n) is 4.64. The van der Waals surface area contributed by atoms with Crippen molar-refractivity contribution in [3.8, 4) is 28.4 Å². The van der Waals surface area contributed by atoms with Crippen molar-refractivity contribution in [1.29, 1.82) is 0 Å². The molecule has 0 N–H and O–H groups in total. The lowest BCUT2D eigenvalue weighted by Gasteiger charge is -2.12. The number of halogens is 4. The van der Waals surface area contributed by atoms with Gasteiger partial charge in [-0.3, -0.25) is 4.98 Å². The van der Waals surface area contributed by atoms with E-state index in [1.807, 2.05) is 0 Å². The van der Waals surface area contributed by atoms with Crippen LogP contribution in [0.1, 0.15) is 11.3 Å². The third-order valence-corrected chi connectivity index (χ3v) is 5.57. The van der Waals surface area contributed by atoms with E-state index < -0.39 is 11.9 Å². The van der Waals surface area contributed by atoms with Gasteiger partial charge < -0.3 is 9.30 Å². The second kappa shape index (κ2) is 8.14.